The molecule has 0 amide bonds. The van der Waals surface area contributed by atoms with Crippen LogP contribution in [0.4, 0.5) is 4.39 Å². The molecular weight excluding hydrogens is 309 g/mol. The number of methoxy groups -OCH3 is 1. The van der Waals surface area contributed by atoms with E-state index in [-0.39, 0.29) is 5.82 Å². The van der Waals surface area contributed by atoms with Crippen molar-refractivity contribution in [2.24, 2.45) is 0 Å². The molecule has 0 unspecified atom stereocenters. The fraction of sp³-hybridized carbons (Fsp3) is 0.600. The van der Waals surface area contributed by atoms with Gasteiger partial charge in [0, 0.05) is 12.1 Å². The molecule has 0 spiro atoms. The minimum atomic E-state index is -0.269. The van der Waals surface area contributed by atoms with Crippen molar-refractivity contribution in [3.8, 4) is 5.75 Å². The predicted octanol–water partition coefficient (Wildman–Crippen LogP) is 4.06. The molecule has 1 aliphatic rings. The fourth-order valence-electron chi connectivity index (χ4n) is 2.17. The summed E-state index contributed by atoms with van der Waals surface area (Å²) in [5, 5.41) is 3.51. The van der Waals surface area contributed by atoms with Crippen LogP contribution < -0.4 is 10.1 Å². The number of ether oxygens (including phenoxy) is 1. The van der Waals surface area contributed by atoms with E-state index in [1.807, 2.05) is 6.07 Å². The molecular formula is C15H21BrFNO. The highest BCUT2D eigenvalue weighted by atomic mass is 79.9. The number of hydrogen-bond acceptors (Lipinski definition) is 2. The summed E-state index contributed by atoms with van der Waals surface area (Å²) in [6.07, 6.45) is 7.15. The van der Waals surface area contributed by atoms with Gasteiger partial charge in [-0.05, 0) is 66.2 Å². The first kappa shape index (κ1) is 14.8. The summed E-state index contributed by atoms with van der Waals surface area (Å²) in [7, 11) is 1.59. The lowest BCUT2D eigenvalue weighted by molar-refractivity contribution is 0.404. The zero-order chi connectivity index (χ0) is 13.7. The van der Waals surface area contributed by atoms with Gasteiger partial charge in [-0.2, -0.15) is 0 Å². The maximum Gasteiger partial charge on any atom is 0.141 e. The van der Waals surface area contributed by atoms with E-state index >= 15 is 0 Å². The third-order valence-electron chi connectivity index (χ3n) is 3.46. The molecule has 1 aromatic carbocycles. The maximum absolute atomic E-state index is 13.4. The van der Waals surface area contributed by atoms with E-state index in [1.54, 1.807) is 7.11 Å². The second-order valence-corrected chi connectivity index (χ2v) is 5.97. The first-order valence-corrected chi connectivity index (χ1v) is 7.75. The molecule has 0 radical (unpaired) electrons. The van der Waals surface area contributed by atoms with Gasteiger partial charge in [-0.1, -0.05) is 6.42 Å². The summed E-state index contributed by atoms with van der Waals surface area (Å²) in [6.45, 7) is 1.12. The van der Waals surface area contributed by atoms with Crippen molar-refractivity contribution in [1.82, 2.24) is 5.32 Å². The largest absolute Gasteiger partial charge is 0.496 e. The lowest BCUT2D eigenvalue weighted by Gasteiger charge is -2.10. The van der Waals surface area contributed by atoms with Gasteiger partial charge >= 0.3 is 0 Å². The van der Waals surface area contributed by atoms with E-state index < -0.39 is 0 Å². The maximum atomic E-state index is 13.4. The minimum absolute atomic E-state index is 0.269. The minimum Gasteiger partial charge on any atom is -0.496 e. The second-order valence-electron chi connectivity index (χ2n) is 5.12. The highest BCUT2D eigenvalue weighted by molar-refractivity contribution is 9.10. The molecule has 1 fully saturated rings. The number of benzene rings is 1. The van der Waals surface area contributed by atoms with E-state index in [2.05, 4.69) is 21.2 Å². The van der Waals surface area contributed by atoms with Crippen molar-refractivity contribution in [1.29, 1.82) is 0 Å². The first-order valence-electron chi connectivity index (χ1n) is 6.96. The molecule has 2 nitrogen and oxygen atoms in total. The molecule has 0 aliphatic heterocycles. The summed E-state index contributed by atoms with van der Waals surface area (Å²) in [5.41, 5.74) is 1.07. The topological polar surface area (TPSA) is 21.3 Å². The number of hydrogen-bond donors (Lipinski definition) is 1. The van der Waals surface area contributed by atoms with Crippen LogP contribution in [0, 0.1) is 5.82 Å². The third kappa shape index (κ3) is 4.77. The van der Waals surface area contributed by atoms with Crippen molar-refractivity contribution in [3.63, 3.8) is 0 Å². The molecule has 2 rings (SSSR count). The normalized spacial score (nSPS) is 14.7. The Kier molecular flexibility index (Phi) is 5.64. The van der Waals surface area contributed by atoms with Gasteiger partial charge < -0.3 is 10.1 Å². The fourth-order valence-corrected chi connectivity index (χ4v) is 2.56. The van der Waals surface area contributed by atoms with Crippen molar-refractivity contribution >= 4 is 15.9 Å². The Bertz CT molecular complexity index is 421. The molecule has 19 heavy (non-hydrogen) atoms. The molecule has 1 N–H and O–H groups in total. The lowest BCUT2D eigenvalue weighted by atomic mass is 10.1. The van der Waals surface area contributed by atoms with E-state index in [0.717, 1.165) is 31.0 Å². The van der Waals surface area contributed by atoms with E-state index in [9.17, 15) is 4.39 Å². The van der Waals surface area contributed by atoms with Gasteiger partial charge in [0.05, 0.1) is 11.6 Å². The van der Waals surface area contributed by atoms with Gasteiger partial charge in [0.2, 0.25) is 0 Å². The van der Waals surface area contributed by atoms with Crippen LogP contribution in [0.25, 0.3) is 0 Å². The van der Waals surface area contributed by atoms with Crippen molar-refractivity contribution in [3.05, 3.63) is 28.0 Å². The molecule has 0 atom stereocenters. The number of unbranched alkanes of at least 4 members (excludes halogenated alkanes) is 2. The van der Waals surface area contributed by atoms with Gasteiger partial charge in [-0.3, -0.25) is 0 Å². The van der Waals surface area contributed by atoms with Crippen molar-refractivity contribution in [2.75, 3.05) is 13.7 Å². The molecule has 4 heteroatoms. The van der Waals surface area contributed by atoms with Crippen molar-refractivity contribution in [2.45, 2.75) is 44.6 Å². The Morgan fingerprint density at radius 2 is 2.11 bits per heavy atom. The SMILES string of the molecule is COc1cc(F)c(Br)cc1CCCCCNC1CC1. The van der Waals surface area contributed by atoms with Crippen LogP contribution in [0.5, 0.6) is 5.75 Å². The molecule has 0 heterocycles. The van der Waals surface area contributed by atoms with Crippen LogP contribution in [-0.2, 0) is 6.42 Å². The average Bonchev–Trinajstić information content (AvgIpc) is 3.21. The Morgan fingerprint density at radius 3 is 2.79 bits per heavy atom. The van der Waals surface area contributed by atoms with Crippen LogP contribution >= 0.6 is 15.9 Å². The van der Waals surface area contributed by atoms with Gasteiger partial charge in [0.1, 0.15) is 11.6 Å². The van der Waals surface area contributed by atoms with Crippen LogP contribution in [0.15, 0.2) is 16.6 Å². The quantitative estimate of drug-likeness (QED) is 0.726. The standard InChI is InChI=1S/C15H21BrFNO/c1-19-15-10-14(17)13(16)9-11(15)5-3-2-4-8-18-12-6-7-12/h9-10,12,18H,2-8H2,1H3. The van der Waals surface area contributed by atoms with Crippen LogP contribution in [0.1, 0.15) is 37.7 Å². The number of nitrogens with one attached hydrogen (secondary N) is 1. The molecule has 0 aromatic heterocycles. The summed E-state index contributed by atoms with van der Waals surface area (Å²) < 4.78 is 19.1. The van der Waals surface area contributed by atoms with Crippen LogP contribution in [0.3, 0.4) is 0 Å². The summed E-state index contributed by atoms with van der Waals surface area (Å²) in [6, 6.07) is 4.08. The number of halogens is 2. The molecule has 0 saturated heterocycles. The van der Waals surface area contributed by atoms with E-state index in [1.165, 1.54) is 31.7 Å². The highest BCUT2D eigenvalue weighted by Crippen LogP contribution is 2.27. The van der Waals surface area contributed by atoms with E-state index in [0.29, 0.717) is 10.2 Å². The first-order chi connectivity index (χ1) is 9.20. The lowest BCUT2D eigenvalue weighted by Crippen LogP contribution is -2.17. The smallest absolute Gasteiger partial charge is 0.141 e. The van der Waals surface area contributed by atoms with Crippen LogP contribution in [-0.4, -0.2) is 19.7 Å². The van der Waals surface area contributed by atoms with E-state index in [4.69, 9.17) is 4.74 Å². The molecule has 1 aromatic rings. The monoisotopic (exact) mass is 329 g/mol. The molecule has 1 aliphatic carbocycles. The van der Waals surface area contributed by atoms with Gasteiger partial charge in [0.15, 0.2) is 0 Å². The second kappa shape index (κ2) is 7.25. The summed E-state index contributed by atoms with van der Waals surface area (Å²) in [4.78, 5) is 0. The molecule has 106 valence electrons. The van der Waals surface area contributed by atoms with Gasteiger partial charge in [-0.15, -0.1) is 0 Å². The Morgan fingerprint density at radius 1 is 1.32 bits per heavy atom. The zero-order valence-electron chi connectivity index (χ0n) is 11.3. The Hall–Kier alpha value is -0.610. The summed E-state index contributed by atoms with van der Waals surface area (Å²) >= 11 is 3.23. The predicted molar refractivity (Wildman–Crippen MR) is 79.2 cm³/mol. The summed E-state index contributed by atoms with van der Waals surface area (Å²) in [5.74, 6) is 0.381. The third-order valence-corrected chi connectivity index (χ3v) is 4.06. The number of rotatable bonds is 8. The highest BCUT2D eigenvalue weighted by Gasteiger charge is 2.19. The molecule has 1 saturated carbocycles. The van der Waals surface area contributed by atoms with Gasteiger partial charge in [0.25, 0.3) is 0 Å². The Labute approximate surface area is 122 Å². The zero-order valence-corrected chi connectivity index (χ0v) is 12.9. The van der Waals surface area contributed by atoms with Crippen molar-refractivity contribution < 1.29 is 9.13 Å². The van der Waals surface area contributed by atoms with Crippen LogP contribution in [0.2, 0.25) is 0 Å². The number of aryl methyl sites for hydroxylation is 1. The molecule has 0 bridgehead atoms. The Balaban J connectivity index is 1.73. The van der Waals surface area contributed by atoms with Gasteiger partial charge in [-0.25, -0.2) is 4.39 Å². The average molecular weight is 330 g/mol.